The third-order valence-electron chi connectivity index (χ3n) is 4.32. The normalized spacial score (nSPS) is 16.4. The van der Waals surface area contributed by atoms with Gasteiger partial charge in [-0.05, 0) is 17.5 Å². The van der Waals surface area contributed by atoms with Crippen LogP contribution in [0.15, 0.2) is 35.1 Å². The quantitative estimate of drug-likeness (QED) is 0.912. The summed E-state index contributed by atoms with van der Waals surface area (Å²) in [7, 11) is 0. The molecule has 1 N–H and O–H groups in total. The third kappa shape index (κ3) is 3.12. The Balaban J connectivity index is 1.67. The standard InChI is InChI=1S/C17H21N3O3/c1-11(2)16(12-4-3-5-18-7-12)17(22)20-8-13(9-20)15-6-14(10-21)23-19-15/h3-7,11,13,16,21H,8-10H2,1-2H3. The maximum atomic E-state index is 12.8. The van der Waals surface area contributed by atoms with E-state index in [9.17, 15) is 4.79 Å². The number of nitrogens with zero attached hydrogens (tertiary/aromatic N) is 3. The molecule has 2 aromatic heterocycles. The van der Waals surface area contributed by atoms with Crippen LogP contribution in [0.3, 0.4) is 0 Å². The highest BCUT2D eigenvalue weighted by molar-refractivity contribution is 5.84. The van der Waals surface area contributed by atoms with Gasteiger partial charge in [-0.2, -0.15) is 0 Å². The highest BCUT2D eigenvalue weighted by Crippen LogP contribution is 2.33. The molecule has 0 saturated carbocycles. The van der Waals surface area contributed by atoms with Crippen molar-refractivity contribution in [2.75, 3.05) is 13.1 Å². The fraction of sp³-hybridized carbons (Fsp3) is 0.471. The van der Waals surface area contributed by atoms with Crippen molar-refractivity contribution in [3.63, 3.8) is 0 Å². The zero-order valence-corrected chi connectivity index (χ0v) is 13.3. The van der Waals surface area contributed by atoms with Gasteiger partial charge in [0.25, 0.3) is 0 Å². The summed E-state index contributed by atoms with van der Waals surface area (Å²) in [6.45, 7) is 5.23. The second-order valence-corrected chi connectivity index (χ2v) is 6.32. The molecule has 3 rings (SSSR count). The van der Waals surface area contributed by atoms with Crippen LogP contribution >= 0.6 is 0 Å². The number of rotatable bonds is 5. The summed E-state index contributed by atoms with van der Waals surface area (Å²) in [4.78, 5) is 18.8. The number of carbonyl (C=O) groups excluding carboxylic acids is 1. The summed E-state index contributed by atoms with van der Waals surface area (Å²) in [6, 6.07) is 5.58. The van der Waals surface area contributed by atoms with Gasteiger partial charge in [0.2, 0.25) is 5.91 Å². The van der Waals surface area contributed by atoms with Crippen molar-refractivity contribution in [1.29, 1.82) is 0 Å². The molecule has 2 aromatic rings. The molecule has 122 valence electrons. The first kappa shape index (κ1) is 15.7. The van der Waals surface area contributed by atoms with Crippen molar-refractivity contribution in [3.05, 3.63) is 47.6 Å². The van der Waals surface area contributed by atoms with Crippen LogP contribution in [0.4, 0.5) is 0 Å². The molecule has 0 aliphatic carbocycles. The van der Waals surface area contributed by atoms with Crippen molar-refractivity contribution in [2.24, 2.45) is 5.92 Å². The van der Waals surface area contributed by atoms with E-state index in [1.54, 1.807) is 18.5 Å². The van der Waals surface area contributed by atoms with Gasteiger partial charge in [-0.15, -0.1) is 0 Å². The van der Waals surface area contributed by atoms with Gasteiger partial charge in [-0.1, -0.05) is 25.1 Å². The van der Waals surface area contributed by atoms with Gasteiger partial charge in [0.15, 0.2) is 5.76 Å². The Morgan fingerprint density at radius 1 is 1.48 bits per heavy atom. The van der Waals surface area contributed by atoms with Gasteiger partial charge in [-0.3, -0.25) is 9.78 Å². The number of hydrogen-bond donors (Lipinski definition) is 1. The zero-order chi connectivity index (χ0) is 16.4. The fourth-order valence-corrected chi connectivity index (χ4v) is 3.01. The lowest BCUT2D eigenvalue weighted by Crippen LogP contribution is -2.51. The van der Waals surface area contributed by atoms with Crippen LogP contribution in [0.1, 0.15) is 42.7 Å². The third-order valence-corrected chi connectivity index (χ3v) is 4.32. The van der Waals surface area contributed by atoms with Crippen LogP contribution in [0.2, 0.25) is 0 Å². The van der Waals surface area contributed by atoms with Gasteiger partial charge in [-0.25, -0.2) is 0 Å². The molecule has 1 amide bonds. The fourth-order valence-electron chi connectivity index (χ4n) is 3.01. The lowest BCUT2D eigenvalue weighted by atomic mass is 9.85. The summed E-state index contributed by atoms with van der Waals surface area (Å²) in [5, 5.41) is 13.0. The predicted octanol–water partition coefficient (Wildman–Crippen LogP) is 1.93. The predicted molar refractivity (Wildman–Crippen MR) is 83.6 cm³/mol. The molecule has 0 aromatic carbocycles. The summed E-state index contributed by atoms with van der Waals surface area (Å²) in [5.74, 6) is 0.814. The van der Waals surface area contributed by atoms with Crippen LogP contribution in [0, 0.1) is 5.92 Å². The molecule has 1 aliphatic heterocycles. The molecular weight excluding hydrogens is 294 g/mol. The van der Waals surface area contributed by atoms with E-state index in [-0.39, 0.29) is 30.3 Å². The minimum absolute atomic E-state index is 0.134. The molecule has 6 heteroatoms. The topological polar surface area (TPSA) is 79.5 Å². The van der Waals surface area contributed by atoms with E-state index in [1.165, 1.54) is 0 Å². The second-order valence-electron chi connectivity index (χ2n) is 6.32. The van der Waals surface area contributed by atoms with Crippen LogP contribution in [0.5, 0.6) is 0 Å². The Hall–Kier alpha value is -2.21. The highest BCUT2D eigenvalue weighted by atomic mass is 16.5. The molecular formula is C17H21N3O3. The summed E-state index contributed by atoms with van der Waals surface area (Å²) >= 11 is 0. The van der Waals surface area contributed by atoms with E-state index in [0.717, 1.165) is 11.3 Å². The Kier molecular flexibility index (Phi) is 4.43. The van der Waals surface area contributed by atoms with Crippen molar-refractivity contribution in [1.82, 2.24) is 15.0 Å². The number of pyridine rings is 1. The minimum Gasteiger partial charge on any atom is -0.388 e. The van der Waals surface area contributed by atoms with Crippen molar-refractivity contribution < 1.29 is 14.4 Å². The smallest absolute Gasteiger partial charge is 0.230 e. The van der Waals surface area contributed by atoms with Gasteiger partial charge in [0.1, 0.15) is 6.61 Å². The first-order chi connectivity index (χ1) is 11.1. The number of likely N-dealkylation sites (tertiary alicyclic amines) is 1. The first-order valence-corrected chi connectivity index (χ1v) is 7.85. The van der Waals surface area contributed by atoms with E-state index in [1.807, 2.05) is 17.0 Å². The van der Waals surface area contributed by atoms with Crippen LogP contribution < -0.4 is 0 Å². The maximum absolute atomic E-state index is 12.8. The molecule has 1 fully saturated rings. The lowest BCUT2D eigenvalue weighted by molar-refractivity contribution is -0.138. The van der Waals surface area contributed by atoms with E-state index in [0.29, 0.717) is 18.8 Å². The summed E-state index contributed by atoms with van der Waals surface area (Å²) in [5.41, 5.74) is 1.76. The van der Waals surface area contributed by atoms with Gasteiger partial charge >= 0.3 is 0 Å². The van der Waals surface area contributed by atoms with Crippen molar-refractivity contribution in [3.8, 4) is 0 Å². The molecule has 1 saturated heterocycles. The number of amides is 1. The Morgan fingerprint density at radius 3 is 2.83 bits per heavy atom. The van der Waals surface area contributed by atoms with Crippen LogP contribution in [-0.4, -0.2) is 39.1 Å². The number of aliphatic hydroxyl groups is 1. The van der Waals surface area contributed by atoms with E-state index in [2.05, 4.69) is 24.0 Å². The number of aromatic nitrogens is 2. The Morgan fingerprint density at radius 2 is 2.26 bits per heavy atom. The second kappa shape index (κ2) is 6.50. The monoisotopic (exact) mass is 315 g/mol. The molecule has 0 radical (unpaired) electrons. The average Bonchev–Trinajstić information content (AvgIpc) is 2.95. The molecule has 6 nitrogen and oxygen atoms in total. The SMILES string of the molecule is CC(C)C(C(=O)N1CC(c2cc(CO)on2)C1)c1cccnc1. The van der Waals surface area contributed by atoms with E-state index < -0.39 is 0 Å². The lowest BCUT2D eigenvalue weighted by Gasteiger charge is -2.40. The molecule has 1 unspecified atom stereocenters. The number of hydrogen-bond acceptors (Lipinski definition) is 5. The maximum Gasteiger partial charge on any atom is 0.230 e. The molecule has 0 bridgehead atoms. The van der Waals surface area contributed by atoms with E-state index >= 15 is 0 Å². The number of aliphatic hydroxyl groups excluding tert-OH is 1. The van der Waals surface area contributed by atoms with Gasteiger partial charge in [0, 0.05) is 37.5 Å². The van der Waals surface area contributed by atoms with E-state index in [4.69, 9.17) is 9.63 Å². The molecule has 23 heavy (non-hydrogen) atoms. The summed E-state index contributed by atoms with van der Waals surface area (Å²) in [6.07, 6.45) is 3.49. The average molecular weight is 315 g/mol. The Labute approximate surface area is 135 Å². The van der Waals surface area contributed by atoms with Crippen molar-refractivity contribution in [2.45, 2.75) is 32.3 Å². The van der Waals surface area contributed by atoms with Gasteiger partial charge in [0.05, 0.1) is 11.6 Å². The van der Waals surface area contributed by atoms with Crippen molar-refractivity contribution >= 4 is 5.91 Å². The van der Waals surface area contributed by atoms with Crippen LogP contribution in [-0.2, 0) is 11.4 Å². The summed E-state index contributed by atoms with van der Waals surface area (Å²) < 4.78 is 5.01. The molecule has 1 aliphatic rings. The molecule has 1 atom stereocenters. The molecule has 0 spiro atoms. The Bertz CT molecular complexity index is 663. The largest absolute Gasteiger partial charge is 0.388 e. The first-order valence-electron chi connectivity index (χ1n) is 7.85. The number of carbonyl (C=O) groups is 1. The van der Waals surface area contributed by atoms with Gasteiger partial charge < -0.3 is 14.5 Å². The molecule has 3 heterocycles. The highest BCUT2D eigenvalue weighted by Gasteiger charge is 2.38. The zero-order valence-electron chi connectivity index (χ0n) is 13.3. The minimum atomic E-state index is -0.171. The van der Waals surface area contributed by atoms with Crippen LogP contribution in [0.25, 0.3) is 0 Å².